The molecule has 2 radical (unpaired) electrons. The van der Waals surface area contributed by atoms with E-state index in [1.54, 1.807) is 11.3 Å². The summed E-state index contributed by atoms with van der Waals surface area (Å²) in [5.74, 6) is 0. The fourth-order valence-corrected chi connectivity index (χ4v) is 1.48. The fraction of sp³-hybridized carbons (Fsp3) is 0. The molecule has 0 N–H and O–H groups in total. The van der Waals surface area contributed by atoms with Crippen molar-refractivity contribution in [3.63, 3.8) is 0 Å². The molecule has 0 atom stereocenters. The summed E-state index contributed by atoms with van der Waals surface area (Å²) in [7, 11) is 5.40. The van der Waals surface area contributed by atoms with Crippen LogP contribution in [0.2, 0.25) is 0 Å². The van der Waals surface area contributed by atoms with Crippen LogP contribution in [0, 0.1) is 0 Å². The molecule has 0 spiro atoms. The summed E-state index contributed by atoms with van der Waals surface area (Å²) in [5, 5.41) is 3.85. The standard InChI is InChI=1S/C4H2BBrS/c5-3-1-7-2-4(3)6/h1-2H. The molecule has 0 saturated heterocycles. The van der Waals surface area contributed by atoms with Crippen LogP contribution in [0.4, 0.5) is 0 Å². The third kappa shape index (κ3) is 1.07. The van der Waals surface area contributed by atoms with E-state index in [0.29, 0.717) is 0 Å². The molecule has 0 nitrogen and oxygen atoms in total. The van der Waals surface area contributed by atoms with Crippen LogP contribution in [0.3, 0.4) is 0 Å². The van der Waals surface area contributed by atoms with E-state index in [9.17, 15) is 0 Å². The molecule has 0 aliphatic carbocycles. The summed E-state index contributed by atoms with van der Waals surface area (Å²) in [6.07, 6.45) is 0. The molecule has 7 heavy (non-hydrogen) atoms. The number of halogens is 1. The smallest absolute Gasteiger partial charge is 0.116 e. The van der Waals surface area contributed by atoms with Crippen LogP contribution in [-0.2, 0) is 0 Å². The second-order valence-electron chi connectivity index (χ2n) is 1.18. The van der Waals surface area contributed by atoms with Gasteiger partial charge in [0.1, 0.15) is 7.85 Å². The van der Waals surface area contributed by atoms with Gasteiger partial charge in [-0.2, -0.15) is 11.3 Å². The molecular formula is C4H2BBrS. The van der Waals surface area contributed by atoms with E-state index in [2.05, 4.69) is 15.9 Å². The number of rotatable bonds is 0. The quantitative estimate of drug-likeness (QED) is 0.518. The highest BCUT2D eigenvalue weighted by Gasteiger charge is 1.88. The van der Waals surface area contributed by atoms with Gasteiger partial charge >= 0.3 is 0 Å². The summed E-state index contributed by atoms with van der Waals surface area (Å²) in [4.78, 5) is 0. The lowest BCUT2D eigenvalue weighted by atomic mass is 10.0. The van der Waals surface area contributed by atoms with Crippen LogP contribution in [0.25, 0.3) is 0 Å². The van der Waals surface area contributed by atoms with Gasteiger partial charge < -0.3 is 0 Å². The first-order valence-electron chi connectivity index (χ1n) is 1.78. The van der Waals surface area contributed by atoms with Crippen LogP contribution >= 0.6 is 27.3 Å². The highest BCUT2D eigenvalue weighted by molar-refractivity contribution is 9.10. The predicted molar refractivity (Wildman–Crippen MR) is 37.4 cm³/mol. The van der Waals surface area contributed by atoms with Gasteiger partial charge in [0.2, 0.25) is 0 Å². The Morgan fingerprint density at radius 1 is 1.57 bits per heavy atom. The summed E-state index contributed by atoms with van der Waals surface area (Å²) < 4.78 is 0.998. The first kappa shape index (κ1) is 5.38. The van der Waals surface area contributed by atoms with Crippen molar-refractivity contribution in [2.24, 2.45) is 0 Å². The van der Waals surface area contributed by atoms with Gasteiger partial charge in [0.15, 0.2) is 0 Å². The molecule has 1 heterocycles. The highest BCUT2D eigenvalue weighted by atomic mass is 79.9. The molecule has 0 amide bonds. The Morgan fingerprint density at radius 2 is 2.29 bits per heavy atom. The highest BCUT2D eigenvalue weighted by Crippen LogP contribution is 2.08. The summed E-state index contributed by atoms with van der Waals surface area (Å²) >= 11 is 4.84. The third-order valence-corrected chi connectivity index (χ3v) is 2.39. The van der Waals surface area contributed by atoms with E-state index in [1.165, 1.54) is 0 Å². The fourth-order valence-electron chi connectivity index (χ4n) is 0.291. The molecular weight excluding hydrogens is 171 g/mol. The maximum absolute atomic E-state index is 5.40. The zero-order valence-corrected chi connectivity index (χ0v) is 5.92. The van der Waals surface area contributed by atoms with Gasteiger partial charge in [-0.1, -0.05) is 21.4 Å². The van der Waals surface area contributed by atoms with Gasteiger partial charge in [0, 0.05) is 9.85 Å². The second kappa shape index (κ2) is 2.01. The zero-order chi connectivity index (χ0) is 5.28. The normalized spacial score (nSPS) is 9.29. The monoisotopic (exact) mass is 172 g/mol. The Bertz CT molecular complexity index is 144. The molecule has 3 heteroatoms. The average molecular weight is 173 g/mol. The van der Waals surface area contributed by atoms with Gasteiger partial charge in [0.05, 0.1) is 0 Å². The van der Waals surface area contributed by atoms with Crippen LogP contribution in [0.5, 0.6) is 0 Å². The summed E-state index contributed by atoms with van der Waals surface area (Å²) in [6.45, 7) is 0. The molecule has 1 rings (SSSR count). The predicted octanol–water partition coefficient (Wildman–Crippen LogP) is 1.30. The SMILES string of the molecule is [B]c1cscc1Br. The summed E-state index contributed by atoms with van der Waals surface area (Å²) in [6, 6.07) is 0. The van der Waals surface area contributed by atoms with Crippen molar-refractivity contribution in [2.75, 3.05) is 0 Å². The molecule has 0 aliphatic rings. The lowest BCUT2D eigenvalue weighted by Gasteiger charge is -1.77. The molecule has 34 valence electrons. The van der Waals surface area contributed by atoms with Crippen LogP contribution in [0.15, 0.2) is 15.2 Å². The maximum atomic E-state index is 5.40. The van der Waals surface area contributed by atoms with E-state index >= 15 is 0 Å². The number of hydrogen-bond donors (Lipinski definition) is 0. The van der Waals surface area contributed by atoms with Gasteiger partial charge in [-0.25, -0.2) is 0 Å². The van der Waals surface area contributed by atoms with Crippen molar-refractivity contribution in [2.45, 2.75) is 0 Å². The zero-order valence-electron chi connectivity index (χ0n) is 3.52. The van der Waals surface area contributed by atoms with Gasteiger partial charge in [0.25, 0.3) is 0 Å². The topological polar surface area (TPSA) is 0 Å². The lowest BCUT2D eigenvalue weighted by molar-refractivity contribution is 2.01. The minimum Gasteiger partial charge on any atom is -0.152 e. The van der Waals surface area contributed by atoms with E-state index in [4.69, 9.17) is 7.85 Å². The minimum absolute atomic E-state index is 0.824. The Morgan fingerprint density at radius 3 is 2.43 bits per heavy atom. The molecule has 1 aromatic heterocycles. The molecule has 0 aliphatic heterocycles. The Hall–Kier alpha value is 0.245. The van der Waals surface area contributed by atoms with E-state index in [1.807, 2.05) is 10.8 Å². The van der Waals surface area contributed by atoms with Crippen molar-refractivity contribution in [3.05, 3.63) is 15.2 Å². The van der Waals surface area contributed by atoms with Crippen molar-refractivity contribution < 1.29 is 0 Å². The van der Waals surface area contributed by atoms with E-state index < -0.39 is 0 Å². The summed E-state index contributed by atoms with van der Waals surface area (Å²) in [5.41, 5.74) is 0.824. The van der Waals surface area contributed by atoms with Gasteiger partial charge in [-0.15, -0.1) is 0 Å². The van der Waals surface area contributed by atoms with Gasteiger partial charge in [-0.3, -0.25) is 0 Å². The molecule has 0 saturated carbocycles. The Balaban J connectivity index is 3.12. The number of hydrogen-bond acceptors (Lipinski definition) is 1. The average Bonchev–Trinajstić information content (AvgIpc) is 1.91. The molecule has 0 bridgehead atoms. The van der Waals surface area contributed by atoms with E-state index in [-0.39, 0.29) is 0 Å². The largest absolute Gasteiger partial charge is 0.152 e. The van der Waals surface area contributed by atoms with Crippen molar-refractivity contribution in [1.82, 2.24) is 0 Å². The minimum atomic E-state index is 0.824. The van der Waals surface area contributed by atoms with Crippen LogP contribution in [-0.4, -0.2) is 7.85 Å². The van der Waals surface area contributed by atoms with Crippen LogP contribution < -0.4 is 5.46 Å². The molecule has 0 fully saturated rings. The van der Waals surface area contributed by atoms with Gasteiger partial charge in [-0.05, 0) is 5.38 Å². The van der Waals surface area contributed by atoms with Crippen molar-refractivity contribution >= 4 is 40.6 Å². The number of thiophene rings is 1. The molecule has 1 aromatic rings. The van der Waals surface area contributed by atoms with E-state index in [0.717, 1.165) is 9.94 Å². The first-order valence-corrected chi connectivity index (χ1v) is 3.51. The molecule has 0 aromatic carbocycles. The Labute approximate surface area is 56.1 Å². The lowest BCUT2D eigenvalue weighted by Crippen LogP contribution is -1.95. The first-order chi connectivity index (χ1) is 3.30. The van der Waals surface area contributed by atoms with Crippen LogP contribution in [0.1, 0.15) is 0 Å². The molecule has 0 unspecified atom stereocenters. The second-order valence-corrected chi connectivity index (χ2v) is 2.77. The third-order valence-electron chi connectivity index (χ3n) is 0.642. The maximum Gasteiger partial charge on any atom is 0.116 e. The Kier molecular flexibility index (Phi) is 1.55. The van der Waals surface area contributed by atoms with Crippen molar-refractivity contribution in [1.29, 1.82) is 0 Å². The van der Waals surface area contributed by atoms with Crippen molar-refractivity contribution in [3.8, 4) is 0 Å².